The number of terminal acetylenes is 1. The van der Waals surface area contributed by atoms with Gasteiger partial charge in [-0.25, -0.2) is 0 Å². The smallest absolute Gasteiger partial charge is 0.246 e. The molecular weight excluding hydrogens is 709 g/mol. The largest absolute Gasteiger partial charge is 0.352 e. The lowest BCUT2D eigenvalue weighted by atomic mass is 10.1. The van der Waals surface area contributed by atoms with E-state index in [-0.39, 0.29) is 75.1 Å². The topological polar surface area (TPSA) is 175 Å². The molecule has 0 unspecified atom stereocenters. The lowest BCUT2D eigenvalue weighted by molar-refractivity contribution is -0.122. The van der Waals surface area contributed by atoms with Crippen LogP contribution in [-0.2, 0) is 28.8 Å². The van der Waals surface area contributed by atoms with Gasteiger partial charge in [-0.2, -0.15) is 0 Å². The maximum Gasteiger partial charge on any atom is 0.246 e. The molecule has 6 amide bonds. The number of rotatable bonds is 5. The SMILES string of the molecule is C#CCC(=O)NC(C)(C)C.C=C(C)C(=O)NC(C)(C)C.C=C(C)C(=O)NC(C)(C)C.C=CC(=O)NC(C)(C)C.CC(=O)NC(C)(C)C.CCC(=O)NC(C)(C)C. The van der Waals surface area contributed by atoms with E-state index < -0.39 is 0 Å². The van der Waals surface area contributed by atoms with Crippen molar-refractivity contribution in [3.05, 3.63) is 37.0 Å². The summed E-state index contributed by atoms with van der Waals surface area (Å²) in [4.78, 5) is 64.4. The van der Waals surface area contributed by atoms with Crippen molar-refractivity contribution in [2.24, 2.45) is 0 Å². The molecule has 12 heteroatoms. The zero-order chi connectivity index (χ0) is 46.7. The summed E-state index contributed by atoms with van der Waals surface area (Å²) in [7, 11) is 0. The van der Waals surface area contributed by atoms with Crippen molar-refractivity contribution in [3.8, 4) is 12.3 Å². The number of carbonyl (C=O) groups excluding carboxylic acids is 6. The highest BCUT2D eigenvalue weighted by Crippen LogP contribution is 2.02. The van der Waals surface area contributed by atoms with Gasteiger partial charge in [0, 0.05) is 57.7 Å². The molecule has 0 aliphatic heterocycles. The predicted molar refractivity (Wildman–Crippen MR) is 237 cm³/mol. The van der Waals surface area contributed by atoms with Gasteiger partial charge in [-0.15, -0.1) is 6.42 Å². The zero-order valence-corrected chi connectivity index (χ0v) is 39.6. The summed E-state index contributed by atoms with van der Waals surface area (Å²) in [5, 5.41) is 16.6. The van der Waals surface area contributed by atoms with Crippen LogP contribution in [0.15, 0.2) is 37.0 Å². The third-order valence-electron chi connectivity index (χ3n) is 4.60. The second-order valence-electron chi connectivity index (χ2n) is 19.2. The Morgan fingerprint density at radius 2 is 0.768 bits per heavy atom. The van der Waals surface area contributed by atoms with E-state index in [0.717, 1.165) is 0 Å². The van der Waals surface area contributed by atoms with E-state index in [1.807, 2.05) is 132 Å². The summed E-state index contributed by atoms with van der Waals surface area (Å²) >= 11 is 0. The van der Waals surface area contributed by atoms with Crippen molar-refractivity contribution in [1.29, 1.82) is 0 Å². The minimum absolute atomic E-state index is 0.0255. The zero-order valence-electron chi connectivity index (χ0n) is 39.6. The molecule has 0 aliphatic rings. The average Bonchev–Trinajstić information content (AvgIpc) is 2.88. The highest BCUT2D eigenvalue weighted by Gasteiger charge is 2.15. The highest BCUT2D eigenvalue weighted by atomic mass is 16.2. The Bertz CT molecular complexity index is 1260. The molecule has 326 valence electrons. The summed E-state index contributed by atoms with van der Waals surface area (Å²) in [6, 6.07) is 0. The van der Waals surface area contributed by atoms with Gasteiger partial charge in [-0.3, -0.25) is 28.8 Å². The Kier molecular flexibility index (Phi) is 32.8. The fourth-order valence-corrected chi connectivity index (χ4v) is 2.91. The lowest BCUT2D eigenvalue weighted by Crippen LogP contribution is -2.40. The minimum Gasteiger partial charge on any atom is -0.352 e. The normalized spacial score (nSPS) is 10.7. The van der Waals surface area contributed by atoms with Crippen LogP contribution in [-0.4, -0.2) is 68.7 Å². The number of amides is 6. The fourth-order valence-electron chi connectivity index (χ4n) is 2.91. The van der Waals surface area contributed by atoms with Crippen LogP contribution in [0.4, 0.5) is 0 Å². The molecule has 0 saturated carbocycles. The van der Waals surface area contributed by atoms with Crippen molar-refractivity contribution in [2.75, 3.05) is 0 Å². The van der Waals surface area contributed by atoms with E-state index in [4.69, 9.17) is 6.42 Å². The molecule has 0 bridgehead atoms. The van der Waals surface area contributed by atoms with Gasteiger partial charge in [0.15, 0.2) is 0 Å². The van der Waals surface area contributed by atoms with Crippen molar-refractivity contribution in [3.63, 3.8) is 0 Å². The number of carbonyl (C=O) groups is 6. The van der Waals surface area contributed by atoms with Crippen molar-refractivity contribution in [2.45, 2.75) is 198 Å². The van der Waals surface area contributed by atoms with Crippen molar-refractivity contribution in [1.82, 2.24) is 31.9 Å². The Morgan fingerprint density at radius 1 is 0.500 bits per heavy atom. The predicted octanol–water partition coefficient (Wildman–Crippen LogP) is 7.20. The Labute approximate surface area is 343 Å². The maximum absolute atomic E-state index is 10.9. The molecular formula is C44H84N6O6. The first kappa shape index (κ1) is 63.5. The third kappa shape index (κ3) is 71.1. The van der Waals surface area contributed by atoms with E-state index in [1.54, 1.807) is 13.8 Å². The molecule has 0 aliphatic carbocycles. The van der Waals surface area contributed by atoms with Crippen molar-refractivity contribution < 1.29 is 28.8 Å². The highest BCUT2D eigenvalue weighted by molar-refractivity contribution is 5.93. The van der Waals surface area contributed by atoms with Gasteiger partial charge in [0.25, 0.3) is 0 Å². The van der Waals surface area contributed by atoms with E-state index in [2.05, 4.69) is 57.6 Å². The van der Waals surface area contributed by atoms with Crippen LogP contribution in [0.1, 0.15) is 165 Å². The molecule has 0 atom stereocenters. The van der Waals surface area contributed by atoms with E-state index >= 15 is 0 Å². The van der Waals surface area contributed by atoms with Crippen LogP contribution in [0.3, 0.4) is 0 Å². The molecule has 0 radical (unpaired) electrons. The summed E-state index contributed by atoms with van der Waals surface area (Å²) < 4.78 is 0. The van der Waals surface area contributed by atoms with Gasteiger partial charge in [0.1, 0.15) is 0 Å². The summed E-state index contributed by atoms with van der Waals surface area (Å²) in [6.07, 6.45) is 6.94. The van der Waals surface area contributed by atoms with Gasteiger partial charge < -0.3 is 31.9 Å². The molecule has 0 rings (SSSR count). The first-order chi connectivity index (χ1) is 24.4. The van der Waals surface area contributed by atoms with E-state index in [1.165, 1.54) is 13.0 Å². The first-order valence-corrected chi connectivity index (χ1v) is 18.7. The lowest BCUT2D eigenvalue weighted by Gasteiger charge is -2.20. The van der Waals surface area contributed by atoms with Crippen LogP contribution in [0.2, 0.25) is 0 Å². The van der Waals surface area contributed by atoms with Gasteiger partial charge >= 0.3 is 0 Å². The van der Waals surface area contributed by atoms with E-state index in [0.29, 0.717) is 17.6 Å². The molecule has 12 nitrogen and oxygen atoms in total. The number of hydrogen-bond acceptors (Lipinski definition) is 6. The van der Waals surface area contributed by atoms with Gasteiger partial charge in [-0.05, 0) is 145 Å². The standard InChI is InChI=1S/2C8H15NO.C8H13NO.C7H15NO.C7H13NO.C6H13NO/c2*1-6(2)7(10)9-8(3,4)5;1-5-6-7(10)9-8(2,3)4;2*1-5-6(9)8-7(2,3)4;1-5(8)7-6(2,3)4/h2*1H2,2-5H3,(H,9,10);1H,6H2,2-4H3,(H,9,10);5H2,1-4H3,(H,8,9);5H,1H2,2-4H3,(H,8,9);1-4H3,(H,7,8). The van der Waals surface area contributed by atoms with Crippen LogP contribution in [0.25, 0.3) is 0 Å². The van der Waals surface area contributed by atoms with Crippen molar-refractivity contribution >= 4 is 35.4 Å². The quantitative estimate of drug-likeness (QED) is 0.127. The van der Waals surface area contributed by atoms with Crippen LogP contribution in [0.5, 0.6) is 0 Å². The summed E-state index contributed by atoms with van der Waals surface area (Å²) in [5.74, 6) is 2.05. The Balaban J connectivity index is -0.000000134. The summed E-state index contributed by atoms with van der Waals surface area (Å²) in [5.41, 5.74) is 0.314. The van der Waals surface area contributed by atoms with Gasteiger partial charge in [0.05, 0.1) is 6.42 Å². The Morgan fingerprint density at radius 3 is 0.875 bits per heavy atom. The summed E-state index contributed by atoms with van der Waals surface area (Å²) in [6.45, 7) is 52.1. The average molecular weight is 793 g/mol. The maximum atomic E-state index is 10.9. The third-order valence-corrected chi connectivity index (χ3v) is 4.60. The number of hydrogen-bond donors (Lipinski definition) is 6. The molecule has 0 aromatic heterocycles. The number of nitrogens with one attached hydrogen (secondary N) is 6. The minimum atomic E-state index is -0.173. The Hall–Kier alpha value is -4.40. The van der Waals surface area contributed by atoms with E-state index in [9.17, 15) is 28.8 Å². The molecule has 56 heavy (non-hydrogen) atoms. The second kappa shape index (κ2) is 28.9. The molecule has 0 heterocycles. The molecule has 0 aromatic carbocycles. The monoisotopic (exact) mass is 793 g/mol. The second-order valence-corrected chi connectivity index (χ2v) is 19.2. The van der Waals surface area contributed by atoms with Crippen LogP contribution < -0.4 is 31.9 Å². The first-order valence-electron chi connectivity index (χ1n) is 18.7. The van der Waals surface area contributed by atoms with Gasteiger partial charge in [-0.1, -0.05) is 32.6 Å². The molecule has 0 saturated heterocycles. The molecule has 0 aromatic rings. The van der Waals surface area contributed by atoms with Crippen LogP contribution >= 0.6 is 0 Å². The molecule has 6 N–H and O–H groups in total. The molecule has 0 spiro atoms. The van der Waals surface area contributed by atoms with Crippen LogP contribution in [0, 0.1) is 12.3 Å². The fraction of sp³-hybridized carbons (Fsp3) is 0.682. The van der Waals surface area contributed by atoms with Gasteiger partial charge in [0.2, 0.25) is 35.4 Å². The molecule has 0 fully saturated rings.